The molecule has 82 valence electrons. The molecule has 1 rings (SSSR count). The zero-order valence-corrected chi connectivity index (χ0v) is 10.4. The van der Waals surface area contributed by atoms with Gasteiger partial charge in [-0.3, -0.25) is 0 Å². The van der Waals surface area contributed by atoms with E-state index in [1.807, 2.05) is 0 Å². The largest absolute Gasteiger partial charge is 0.367 e. The molecule has 1 aliphatic rings. The summed E-state index contributed by atoms with van der Waals surface area (Å²) in [5.41, 5.74) is -0.0830. The molecule has 0 aromatic heterocycles. The predicted molar refractivity (Wildman–Crippen MR) is 61.3 cm³/mol. The molecule has 0 fully saturated rings. The van der Waals surface area contributed by atoms with Crippen molar-refractivity contribution >= 4 is 0 Å². The van der Waals surface area contributed by atoms with Crippen LogP contribution in [0.3, 0.4) is 0 Å². The first kappa shape index (κ1) is 11.8. The summed E-state index contributed by atoms with van der Waals surface area (Å²) in [7, 11) is 0. The lowest BCUT2D eigenvalue weighted by Gasteiger charge is -2.40. The Morgan fingerprint density at radius 2 is 1.64 bits per heavy atom. The van der Waals surface area contributed by atoms with E-state index in [1.165, 1.54) is 0 Å². The summed E-state index contributed by atoms with van der Waals surface area (Å²) in [5.74, 6) is 1.82. The highest BCUT2D eigenvalue weighted by Gasteiger charge is 2.34. The Morgan fingerprint density at radius 1 is 1.07 bits per heavy atom. The first-order valence-corrected chi connectivity index (χ1v) is 5.70. The lowest BCUT2D eigenvalue weighted by molar-refractivity contribution is -0.0994. The van der Waals surface area contributed by atoms with E-state index in [0.29, 0.717) is 23.9 Å². The van der Waals surface area contributed by atoms with Gasteiger partial charge >= 0.3 is 0 Å². The molecule has 14 heavy (non-hydrogen) atoms. The molecule has 0 radical (unpaired) electrons. The molecule has 2 unspecified atom stereocenters. The zero-order valence-electron chi connectivity index (χ0n) is 10.4. The molecule has 0 aliphatic carbocycles. The molecule has 1 heteroatoms. The van der Waals surface area contributed by atoms with Gasteiger partial charge in [-0.05, 0) is 25.7 Å². The fourth-order valence-corrected chi connectivity index (χ4v) is 2.10. The van der Waals surface area contributed by atoms with Gasteiger partial charge in [-0.2, -0.15) is 0 Å². The summed E-state index contributed by atoms with van der Waals surface area (Å²) in [6.45, 7) is 13.3. The Hall–Kier alpha value is -0.300. The maximum Gasteiger partial charge on any atom is 0.0810 e. The minimum Gasteiger partial charge on any atom is -0.367 e. The minimum absolute atomic E-state index is 0.0830. The van der Waals surface area contributed by atoms with Crippen LogP contribution in [0.4, 0.5) is 0 Å². The van der Waals surface area contributed by atoms with Crippen molar-refractivity contribution in [2.24, 2.45) is 17.8 Å². The fourth-order valence-electron chi connectivity index (χ4n) is 2.10. The van der Waals surface area contributed by atoms with Crippen LogP contribution in [-0.4, -0.2) is 11.7 Å². The molecule has 0 amide bonds. The lowest BCUT2D eigenvalue weighted by atomic mass is 9.81. The second-order valence-electron chi connectivity index (χ2n) is 5.61. The van der Waals surface area contributed by atoms with Gasteiger partial charge in [0.25, 0.3) is 0 Å². The monoisotopic (exact) mass is 196 g/mol. The van der Waals surface area contributed by atoms with Crippen LogP contribution in [0.2, 0.25) is 0 Å². The smallest absolute Gasteiger partial charge is 0.0810 e. The Labute approximate surface area is 88.5 Å². The van der Waals surface area contributed by atoms with Crippen LogP contribution in [0.1, 0.15) is 41.5 Å². The van der Waals surface area contributed by atoms with Crippen LogP contribution in [0, 0.1) is 17.8 Å². The van der Waals surface area contributed by atoms with E-state index in [1.54, 1.807) is 0 Å². The average molecular weight is 196 g/mol. The van der Waals surface area contributed by atoms with Gasteiger partial charge in [0.15, 0.2) is 0 Å². The zero-order chi connectivity index (χ0) is 10.9. The first-order chi connectivity index (χ1) is 6.33. The molecule has 0 N–H and O–H groups in total. The molecular formula is C13H24O. The van der Waals surface area contributed by atoms with Crippen LogP contribution in [0.15, 0.2) is 12.2 Å². The van der Waals surface area contributed by atoms with Crippen LogP contribution in [0.25, 0.3) is 0 Å². The summed E-state index contributed by atoms with van der Waals surface area (Å²) in [4.78, 5) is 0. The molecule has 0 spiro atoms. The van der Waals surface area contributed by atoms with E-state index in [-0.39, 0.29) is 5.60 Å². The lowest BCUT2D eigenvalue weighted by Crippen LogP contribution is -2.42. The van der Waals surface area contributed by atoms with Gasteiger partial charge in [0.05, 0.1) is 11.7 Å². The second kappa shape index (κ2) is 4.06. The van der Waals surface area contributed by atoms with Gasteiger partial charge < -0.3 is 4.74 Å². The second-order valence-corrected chi connectivity index (χ2v) is 5.61. The Morgan fingerprint density at radius 3 is 2.07 bits per heavy atom. The third kappa shape index (κ3) is 2.60. The van der Waals surface area contributed by atoms with Crippen molar-refractivity contribution in [2.45, 2.75) is 53.2 Å². The van der Waals surface area contributed by atoms with Crippen molar-refractivity contribution in [2.75, 3.05) is 0 Å². The number of rotatable bonds is 2. The topological polar surface area (TPSA) is 9.23 Å². The van der Waals surface area contributed by atoms with Gasteiger partial charge in [-0.1, -0.05) is 39.8 Å². The highest BCUT2D eigenvalue weighted by Crippen LogP contribution is 2.33. The van der Waals surface area contributed by atoms with Crippen molar-refractivity contribution in [3.63, 3.8) is 0 Å². The van der Waals surface area contributed by atoms with Crippen molar-refractivity contribution < 1.29 is 4.74 Å². The van der Waals surface area contributed by atoms with Crippen LogP contribution in [-0.2, 0) is 4.74 Å². The third-order valence-corrected chi connectivity index (χ3v) is 2.97. The molecule has 0 aromatic carbocycles. The molecular weight excluding hydrogens is 172 g/mol. The molecule has 2 atom stereocenters. The SMILES string of the molecule is CC(C)C1C=CC(C)(C)OC1C(C)C. The van der Waals surface area contributed by atoms with Gasteiger partial charge in [0.2, 0.25) is 0 Å². The fraction of sp³-hybridized carbons (Fsp3) is 0.846. The summed E-state index contributed by atoms with van der Waals surface area (Å²) in [6.07, 6.45) is 4.92. The Kier molecular flexibility index (Phi) is 3.41. The van der Waals surface area contributed by atoms with E-state index in [0.717, 1.165) is 0 Å². The van der Waals surface area contributed by atoms with E-state index >= 15 is 0 Å². The Bertz CT molecular complexity index is 213. The predicted octanol–water partition coefficient (Wildman–Crippen LogP) is 3.65. The van der Waals surface area contributed by atoms with Gasteiger partial charge in [-0.25, -0.2) is 0 Å². The highest BCUT2D eigenvalue weighted by molar-refractivity contribution is 5.07. The van der Waals surface area contributed by atoms with Gasteiger partial charge in [-0.15, -0.1) is 0 Å². The van der Waals surface area contributed by atoms with E-state index in [4.69, 9.17) is 4.74 Å². The van der Waals surface area contributed by atoms with Crippen LogP contribution in [0.5, 0.6) is 0 Å². The molecule has 0 saturated heterocycles. The van der Waals surface area contributed by atoms with Crippen molar-refractivity contribution in [1.82, 2.24) is 0 Å². The summed E-state index contributed by atoms with van der Waals surface area (Å²) in [6, 6.07) is 0. The maximum absolute atomic E-state index is 6.12. The van der Waals surface area contributed by atoms with Gasteiger partial charge in [0.1, 0.15) is 0 Å². The third-order valence-electron chi connectivity index (χ3n) is 2.97. The minimum atomic E-state index is -0.0830. The molecule has 1 nitrogen and oxygen atoms in total. The molecule has 0 bridgehead atoms. The molecule has 0 saturated carbocycles. The summed E-state index contributed by atoms with van der Waals surface area (Å²) < 4.78 is 6.12. The molecule has 1 aliphatic heterocycles. The number of ether oxygens (including phenoxy) is 1. The van der Waals surface area contributed by atoms with E-state index in [9.17, 15) is 0 Å². The van der Waals surface area contributed by atoms with E-state index < -0.39 is 0 Å². The van der Waals surface area contributed by atoms with Crippen LogP contribution < -0.4 is 0 Å². The van der Waals surface area contributed by atoms with Crippen LogP contribution >= 0.6 is 0 Å². The quantitative estimate of drug-likeness (QED) is 0.613. The molecule has 0 aromatic rings. The van der Waals surface area contributed by atoms with Crippen molar-refractivity contribution in [1.29, 1.82) is 0 Å². The van der Waals surface area contributed by atoms with Gasteiger partial charge in [0, 0.05) is 5.92 Å². The summed E-state index contributed by atoms with van der Waals surface area (Å²) >= 11 is 0. The Balaban J connectivity index is 2.85. The molecule has 1 heterocycles. The van der Waals surface area contributed by atoms with E-state index in [2.05, 4.69) is 53.7 Å². The first-order valence-electron chi connectivity index (χ1n) is 5.70. The van der Waals surface area contributed by atoms with Crippen molar-refractivity contribution in [3.05, 3.63) is 12.2 Å². The normalized spacial score (nSPS) is 31.4. The standard InChI is InChI=1S/C13H24O/c1-9(2)11-7-8-13(5,6)14-12(11)10(3)4/h7-12H,1-6H3. The summed E-state index contributed by atoms with van der Waals surface area (Å²) in [5, 5.41) is 0. The maximum atomic E-state index is 6.12. The number of hydrogen-bond acceptors (Lipinski definition) is 1. The van der Waals surface area contributed by atoms with Crippen molar-refractivity contribution in [3.8, 4) is 0 Å². The number of hydrogen-bond donors (Lipinski definition) is 0. The highest BCUT2D eigenvalue weighted by atomic mass is 16.5. The average Bonchev–Trinajstić information content (AvgIpc) is 2.01.